The molecule has 0 radical (unpaired) electrons. The topological polar surface area (TPSA) is 29.5 Å². The summed E-state index contributed by atoms with van der Waals surface area (Å²) >= 11 is 0. The summed E-state index contributed by atoms with van der Waals surface area (Å²) < 4.78 is 6.21. The molecule has 0 unspecified atom stereocenters. The van der Waals surface area contributed by atoms with Gasteiger partial charge in [-0.25, -0.2) is 0 Å². The fourth-order valence-electron chi connectivity index (χ4n) is 3.38. The van der Waals surface area contributed by atoms with Gasteiger partial charge in [-0.05, 0) is 58.3 Å². The van der Waals surface area contributed by atoms with Crippen LogP contribution in [0.15, 0.2) is 0 Å². The van der Waals surface area contributed by atoms with Crippen LogP contribution in [0.5, 0.6) is 0 Å². The molecule has 2 saturated carbocycles. The molecule has 2 rings (SSSR count). The number of hydrogen-bond donors (Lipinski definition) is 1. The van der Waals surface area contributed by atoms with Gasteiger partial charge in [0.25, 0.3) is 0 Å². The quantitative estimate of drug-likeness (QED) is 0.815. The molecular weight excluding hydrogens is 212 g/mol. The smallest absolute Gasteiger partial charge is 0.0619 e. The second-order valence-corrected chi connectivity index (χ2v) is 6.52. The molecule has 0 aromatic heterocycles. The molecule has 0 amide bonds. The van der Waals surface area contributed by atoms with E-state index in [-0.39, 0.29) is 0 Å². The Hall–Kier alpha value is -0.0800. The Balaban J connectivity index is 1.71. The standard InChI is InChI=1S/C15H28O2/c1-15(2,16)12-8-10-14(11-9-12)17-13-6-4-3-5-7-13/h12-14,16H,3-11H2,1-2H3. The summed E-state index contributed by atoms with van der Waals surface area (Å²) in [7, 11) is 0. The van der Waals surface area contributed by atoms with Crippen LogP contribution >= 0.6 is 0 Å². The average molecular weight is 240 g/mol. The van der Waals surface area contributed by atoms with E-state index in [0.717, 1.165) is 25.7 Å². The molecule has 0 heterocycles. The first-order valence-corrected chi connectivity index (χ1v) is 7.43. The van der Waals surface area contributed by atoms with E-state index in [1.165, 1.54) is 32.1 Å². The van der Waals surface area contributed by atoms with Crippen LogP contribution in [0.4, 0.5) is 0 Å². The van der Waals surface area contributed by atoms with E-state index in [1.54, 1.807) is 0 Å². The number of hydrogen-bond acceptors (Lipinski definition) is 2. The molecule has 2 fully saturated rings. The van der Waals surface area contributed by atoms with Gasteiger partial charge in [0.15, 0.2) is 0 Å². The fraction of sp³-hybridized carbons (Fsp3) is 1.00. The van der Waals surface area contributed by atoms with Crippen LogP contribution in [0.3, 0.4) is 0 Å². The summed E-state index contributed by atoms with van der Waals surface area (Å²) in [5, 5.41) is 10.0. The highest BCUT2D eigenvalue weighted by molar-refractivity contribution is 4.83. The van der Waals surface area contributed by atoms with Crippen LogP contribution in [0.1, 0.15) is 71.6 Å². The van der Waals surface area contributed by atoms with E-state index in [9.17, 15) is 5.11 Å². The van der Waals surface area contributed by atoms with Gasteiger partial charge in [0, 0.05) is 0 Å². The Morgan fingerprint density at radius 2 is 1.35 bits per heavy atom. The monoisotopic (exact) mass is 240 g/mol. The van der Waals surface area contributed by atoms with E-state index in [4.69, 9.17) is 4.74 Å². The van der Waals surface area contributed by atoms with Gasteiger partial charge in [0.1, 0.15) is 0 Å². The van der Waals surface area contributed by atoms with Crippen molar-refractivity contribution >= 4 is 0 Å². The molecule has 0 atom stereocenters. The van der Waals surface area contributed by atoms with Crippen LogP contribution in [0.2, 0.25) is 0 Å². The van der Waals surface area contributed by atoms with E-state index < -0.39 is 5.60 Å². The van der Waals surface area contributed by atoms with Gasteiger partial charge >= 0.3 is 0 Å². The lowest BCUT2D eigenvalue weighted by Gasteiger charge is -2.37. The lowest BCUT2D eigenvalue weighted by molar-refractivity contribution is -0.0730. The lowest BCUT2D eigenvalue weighted by atomic mass is 9.78. The second-order valence-electron chi connectivity index (χ2n) is 6.52. The van der Waals surface area contributed by atoms with Crippen molar-refractivity contribution in [2.75, 3.05) is 0 Å². The van der Waals surface area contributed by atoms with Gasteiger partial charge in [-0.1, -0.05) is 19.3 Å². The SMILES string of the molecule is CC(C)(O)C1CCC(OC2CCCCC2)CC1. The zero-order valence-corrected chi connectivity index (χ0v) is 11.5. The Morgan fingerprint density at radius 3 is 1.88 bits per heavy atom. The van der Waals surface area contributed by atoms with Crippen molar-refractivity contribution < 1.29 is 9.84 Å². The summed E-state index contributed by atoms with van der Waals surface area (Å²) in [5.74, 6) is 0.466. The lowest BCUT2D eigenvalue weighted by Crippen LogP contribution is -2.36. The maximum atomic E-state index is 10.0. The van der Waals surface area contributed by atoms with Crippen LogP contribution < -0.4 is 0 Å². The van der Waals surface area contributed by atoms with Gasteiger partial charge in [-0.2, -0.15) is 0 Å². The van der Waals surface area contributed by atoms with Crippen molar-refractivity contribution in [3.8, 4) is 0 Å². The molecule has 17 heavy (non-hydrogen) atoms. The molecule has 0 aliphatic heterocycles. The molecule has 0 bridgehead atoms. The fourth-order valence-corrected chi connectivity index (χ4v) is 3.38. The Kier molecular flexibility index (Phi) is 4.48. The predicted molar refractivity (Wildman–Crippen MR) is 70.0 cm³/mol. The Morgan fingerprint density at radius 1 is 0.824 bits per heavy atom. The highest BCUT2D eigenvalue weighted by Crippen LogP contribution is 2.35. The minimum absolute atomic E-state index is 0.466. The van der Waals surface area contributed by atoms with Crippen molar-refractivity contribution in [2.24, 2.45) is 5.92 Å². The molecule has 2 aliphatic carbocycles. The molecule has 100 valence electrons. The normalized spacial score (nSPS) is 32.6. The molecule has 0 spiro atoms. The van der Waals surface area contributed by atoms with Crippen molar-refractivity contribution in [1.29, 1.82) is 0 Å². The van der Waals surface area contributed by atoms with E-state index >= 15 is 0 Å². The first kappa shape index (κ1) is 13.4. The molecule has 0 aromatic carbocycles. The number of ether oxygens (including phenoxy) is 1. The first-order chi connectivity index (χ1) is 8.05. The van der Waals surface area contributed by atoms with Gasteiger partial charge in [-0.15, -0.1) is 0 Å². The maximum absolute atomic E-state index is 10.0. The third-order valence-corrected chi connectivity index (χ3v) is 4.61. The van der Waals surface area contributed by atoms with Crippen molar-refractivity contribution in [3.05, 3.63) is 0 Å². The summed E-state index contributed by atoms with van der Waals surface area (Å²) in [5.41, 5.74) is -0.504. The van der Waals surface area contributed by atoms with E-state index in [1.807, 2.05) is 13.8 Å². The van der Waals surface area contributed by atoms with Gasteiger partial charge in [0.2, 0.25) is 0 Å². The van der Waals surface area contributed by atoms with E-state index in [0.29, 0.717) is 18.1 Å². The minimum Gasteiger partial charge on any atom is -0.390 e. The highest BCUT2D eigenvalue weighted by atomic mass is 16.5. The van der Waals surface area contributed by atoms with Crippen LogP contribution in [-0.4, -0.2) is 22.9 Å². The molecular formula is C15H28O2. The minimum atomic E-state index is -0.504. The molecule has 2 heteroatoms. The molecule has 0 aromatic rings. The average Bonchev–Trinajstić information content (AvgIpc) is 2.30. The van der Waals surface area contributed by atoms with Crippen LogP contribution in [0, 0.1) is 5.92 Å². The first-order valence-electron chi connectivity index (χ1n) is 7.43. The van der Waals surface area contributed by atoms with E-state index in [2.05, 4.69) is 0 Å². The summed E-state index contributed by atoms with van der Waals surface area (Å²) in [6.07, 6.45) is 12.2. The maximum Gasteiger partial charge on any atom is 0.0619 e. The second kappa shape index (κ2) is 5.71. The highest BCUT2D eigenvalue weighted by Gasteiger charge is 2.32. The molecule has 0 saturated heterocycles. The van der Waals surface area contributed by atoms with Crippen LogP contribution in [0.25, 0.3) is 0 Å². The van der Waals surface area contributed by atoms with Gasteiger partial charge in [-0.3, -0.25) is 0 Å². The number of aliphatic hydroxyl groups is 1. The van der Waals surface area contributed by atoms with Gasteiger partial charge in [0.05, 0.1) is 17.8 Å². The largest absolute Gasteiger partial charge is 0.390 e. The van der Waals surface area contributed by atoms with Crippen molar-refractivity contribution in [3.63, 3.8) is 0 Å². The molecule has 2 aliphatic rings. The van der Waals surface area contributed by atoms with Crippen LogP contribution in [-0.2, 0) is 4.74 Å². The number of rotatable bonds is 3. The summed E-state index contributed by atoms with van der Waals surface area (Å²) in [6.45, 7) is 3.89. The van der Waals surface area contributed by atoms with Gasteiger partial charge < -0.3 is 9.84 Å². The zero-order valence-electron chi connectivity index (χ0n) is 11.5. The predicted octanol–water partition coefficient (Wildman–Crippen LogP) is 3.67. The molecule has 1 N–H and O–H groups in total. The van der Waals surface area contributed by atoms with Crippen molar-refractivity contribution in [1.82, 2.24) is 0 Å². The Labute approximate surface area is 106 Å². The zero-order chi connectivity index (χ0) is 12.3. The Bertz CT molecular complexity index is 218. The molecule has 2 nitrogen and oxygen atoms in total. The third kappa shape index (κ3) is 3.96. The van der Waals surface area contributed by atoms with Crippen molar-refractivity contribution in [2.45, 2.75) is 89.4 Å². The summed E-state index contributed by atoms with van der Waals surface area (Å²) in [6, 6.07) is 0. The summed E-state index contributed by atoms with van der Waals surface area (Å²) in [4.78, 5) is 0. The third-order valence-electron chi connectivity index (χ3n) is 4.61.